The highest BCUT2D eigenvalue weighted by atomic mass is 19.1. The molecule has 6 nitrogen and oxygen atoms in total. The van der Waals surface area contributed by atoms with Gasteiger partial charge >= 0.3 is 0 Å². The quantitative estimate of drug-likeness (QED) is 0.837. The lowest BCUT2D eigenvalue weighted by molar-refractivity contribution is -0.135. The van der Waals surface area contributed by atoms with E-state index in [9.17, 15) is 14.0 Å². The van der Waals surface area contributed by atoms with E-state index in [0.29, 0.717) is 19.6 Å². The van der Waals surface area contributed by atoms with E-state index in [1.165, 1.54) is 12.1 Å². The van der Waals surface area contributed by atoms with Gasteiger partial charge in [0, 0.05) is 32.7 Å². The first kappa shape index (κ1) is 18.8. The second-order valence-corrected chi connectivity index (χ2v) is 7.16. The fourth-order valence-electron chi connectivity index (χ4n) is 3.63. The highest BCUT2D eigenvalue weighted by Gasteiger charge is 2.31. The number of nitrogens with zero attached hydrogens (tertiary/aromatic N) is 3. The van der Waals surface area contributed by atoms with Crippen LogP contribution in [0.3, 0.4) is 0 Å². The van der Waals surface area contributed by atoms with E-state index in [4.69, 9.17) is 0 Å². The van der Waals surface area contributed by atoms with Crippen LogP contribution < -0.4 is 5.32 Å². The molecule has 3 rings (SSSR count). The van der Waals surface area contributed by atoms with Crippen molar-refractivity contribution in [1.29, 1.82) is 0 Å². The lowest BCUT2D eigenvalue weighted by Crippen LogP contribution is -2.51. The lowest BCUT2D eigenvalue weighted by Gasteiger charge is -2.32. The third kappa shape index (κ3) is 4.80. The number of likely N-dealkylation sites (N-methyl/N-ethyl adjacent to an activating group) is 1. The molecule has 2 amide bonds. The molecule has 2 aliphatic heterocycles. The van der Waals surface area contributed by atoms with E-state index in [1.54, 1.807) is 11.0 Å². The van der Waals surface area contributed by atoms with E-state index in [0.717, 1.165) is 38.0 Å². The summed E-state index contributed by atoms with van der Waals surface area (Å²) in [5.41, 5.74) is 0.859. The van der Waals surface area contributed by atoms with Crippen molar-refractivity contribution in [2.45, 2.75) is 25.4 Å². The molecule has 7 heteroatoms. The molecule has 0 radical (unpaired) electrons. The number of amides is 2. The molecular weight excluding hydrogens is 335 g/mol. The van der Waals surface area contributed by atoms with Gasteiger partial charge < -0.3 is 15.1 Å². The van der Waals surface area contributed by atoms with Crippen molar-refractivity contribution in [3.05, 3.63) is 35.6 Å². The smallest absolute Gasteiger partial charge is 0.242 e. The first-order valence-corrected chi connectivity index (χ1v) is 9.25. The molecule has 0 spiro atoms. The molecule has 2 heterocycles. The maximum absolute atomic E-state index is 13.4. The molecule has 142 valence electrons. The van der Waals surface area contributed by atoms with Gasteiger partial charge in [-0.25, -0.2) is 4.39 Å². The normalized spacial score (nSPS) is 21.8. The average molecular weight is 362 g/mol. The number of piperazine rings is 1. The highest BCUT2D eigenvalue weighted by Crippen LogP contribution is 2.20. The van der Waals surface area contributed by atoms with Crippen LogP contribution in [0.4, 0.5) is 4.39 Å². The fourth-order valence-corrected chi connectivity index (χ4v) is 3.63. The summed E-state index contributed by atoms with van der Waals surface area (Å²) in [5, 5.41) is 2.80. The Morgan fingerprint density at radius 3 is 2.69 bits per heavy atom. The van der Waals surface area contributed by atoms with Crippen LogP contribution in [0.15, 0.2) is 24.3 Å². The van der Waals surface area contributed by atoms with Gasteiger partial charge in [-0.2, -0.15) is 0 Å². The zero-order valence-corrected chi connectivity index (χ0v) is 15.3. The molecule has 0 aliphatic carbocycles. The molecule has 2 aliphatic rings. The van der Waals surface area contributed by atoms with Crippen LogP contribution in [0.1, 0.15) is 18.4 Å². The number of hydrogen-bond donors (Lipinski definition) is 1. The Balaban J connectivity index is 1.49. The van der Waals surface area contributed by atoms with Crippen molar-refractivity contribution >= 4 is 11.8 Å². The van der Waals surface area contributed by atoms with Crippen LogP contribution in [0.5, 0.6) is 0 Å². The number of carbonyl (C=O) groups excluding carboxylic acids is 2. The Hall–Kier alpha value is -1.99. The number of carbonyl (C=O) groups is 2. The van der Waals surface area contributed by atoms with Gasteiger partial charge in [0.1, 0.15) is 5.82 Å². The van der Waals surface area contributed by atoms with Crippen LogP contribution in [-0.2, 0) is 16.1 Å². The number of benzene rings is 1. The summed E-state index contributed by atoms with van der Waals surface area (Å²) >= 11 is 0. The van der Waals surface area contributed by atoms with E-state index in [-0.39, 0.29) is 30.2 Å². The summed E-state index contributed by atoms with van der Waals surface area (Å²) in [6.07, 6.45) is 1.70. The molecule has 1 aromatic rings. The minimum absolute atomic E-state index is 0.0267. The molecule has 1 aromatic carbocycles. The minimum Gasteiger partial charge on any atom is -0.346 e. The summed E-state index contributed by atoms with van der Waals surface area (Å²) in [6.45, 7) is 4.55. The van der Waals surface area contributed by atoms with Gasteiger partial charge in [-0.1, -0.05) is 12.1 Å². The topological polar surface area (TPSA) is 55.9 Å². The monoisotopic (exact) mass is 362 g/mol. The lowest BCUT2D eigenvalue weighted by atomic mass is 10.1. The number of rotatable bonds is 5. The third-order valence-corrected chi connectivity index (χ3v) is 5.21. The Morgan fingerprint density at radius 1 is 1.19 bits per heavy atom. The SMILES string of the molecule is CN1CCN(C(=O)CNC(=O)C2CCCN2Cc2cccc(F)c2)CC1. The van der Waals surface area contributed by atoms with Gasteiger partial charge in [-0.15, -0.1) is 0 Å². The summed E-state index contributed by atoms with van der Waals surface area (Å²) in [5.74, 6) is -0.400. The van der Waals surface area contributed by atoms with Crippen molar-refractivity contribution in [3.63, 3.8) is 0 Å². The standard InChI is InChI=1S/C19H27FN4O2/c1-22-8-10-23(11-9-22)18(25)13-21-19(26)17-6-3-7-24(17)14-15-4-2-5-16(20)12-15/h2,4-5,12,17H,3,6-11,13-14H2,1H3,(H,21,26). The maximum Gasteiger partial charge on any atom is 0.242 e. The van der Waals surface area contributed by atoms with Gasteiger partial charge in [-0.05, 0) is 44.1 Å². The van der Waals surface area contributed by atoms with Crippen LogP contribution >= 0.6 is 0 Å². The molecule has 1 atom stereocenters. The molecule has 0 saturated carbocycles. The molecule has 0 bridgehead atoms. The summed E-state index contributed by atoms with van der Waals surface area (Å²) in [7, 11) is 2.04. The van der Waals surface area contributed by atoms with Gasteiger partial charge in [-0.3, -0.25) is 14.5 Å². The van der Waals surface area contributed by atoms with Crippen molar-refractivity contribution in [2.24, 2.45) is 0 Å². The second-order valence-electron chi connectivity index (χ2n) is 7.16. The first-order valence-electron chi connectivity index (χ1n) is 9.25. The van der Waals surface area contributed by atoms with Crippen LogP contribution in [0.25, 0.3) is 0 Å². The van der Waals surface area contributed by atoms with Crippen molar-refractivity contribution < 1.29 is 14.0 Å². The zero-order chi connectivity index (χ0) is 18.5. The second kappa shape index (κ2) is 8.60. The average Bonchev–Trinajstić information content (AvgIpc) is 3.08. The van der Waals surface area contributed by atoms with Crippen molar-refractivity contribution in [2.75, 3.05) is 46.3 Å². The van der Waals surface area contributed by atoms with E-state index in [1.807, 2.05) is 13.1 Å². The number of nitrogens with one attached hydrogen (secondary N) is 1. The molecule has 1 unspecified atom stereocenters. The summed E-state index contributed by atoms with van der Waals surface area (Å²) in [6, 6.07) is 6.22. The largest absolute Gasteiger partial charge is 0.346 e. The molecular formula is C19H27FN4O2. The Kier molecular flexibility index (Phi) is 6.21. The Labute approximate surface area is 153 Å². The van der Waals surface area contributed by atoms with Crippen molar-refractivity contribution in [1.82, 2.24) is 20.0 Å². The van der Waals surface area contributed by atoms with Gasteiger partial charge in [0.05, 0.1) is 12.6 Å². The van der Waals surface area contributed by atoms with Crippen molar-refractivity contribution in [3.8, 4) is 0 Å². The van der Waals surface area contributed by atoms with Gasteiger partial charge in [0.2, 0.25) is 11.8 Å². The predicted molar refractivity (Wildman–Crippen MR) is 96.9 cm³/mol. The molecule has 26 heavy (non-hydrogen) atoms. The molecule has 0 aromatic heterocycles. The Morgan fingerprint density at radius 2 is 1.96 bits per heavy atom. The van der Waals surface area contributed by atoms with E-state index in [2.05, 4.69) is 15.1 Å². The Bertz CT molecular complexity index is 646. The minimum atomic E-state index is -0.263. The number of likely N-dealkylation sites (tertiary alicyclic amines) is 1. The van der Waals surface area contributed by atoms with E-state index >= 15 is 0 Å². The predicted octanol–water partition coefficient (Wildman–Crippen LogP) is 0.680. The molecule has 1 N–H and O–H groups in total. The third-order valence-electron chi connectivity index (χ3n) is 5.21. The van der Waals surface area contributed by atoms with E-state index < -0.39 is 0 Å². The maximum atomic E-state index is 13.4. The molecule has 2 saturated heterocycles. The highest BCUT2D eigenvalue weighted by molar-refractivity contribution is 5.87. The fraction of sp³-hybridized carbons (Fsp3) is 0.579. The van der Waals surface area contributed by atoms with Gasteiger partial charge in [0.25, 0.3) is 0 Å². The first-order chi connectivity index (χ1) is 12.5. The number of hydrogen-bond acceptors (Lipinski definition) is 4. The van der Waals surface area contributed by atoms with Crippen LogP contribution in [0.2, 0.25) is 0 Å². The van der Waals surface area contributed by atoms with Gasteiger partial charge in [0.15, 0.2) is 0 Å². The summed E-state index contributed by atoms with van der Waals surface area (Å²) < 4.78 is 13.4. The number of halogens is 1. The van der Waals surface area contributed by atoms with Crippen LogP contribution in [-0.4, -0.2) is 78.9 Å². The van der Waals surface area contributed by atoms with Crippen LogP contribution in [0, 0.1) is 5.82 Å². The summed E-state index contributed by atoms with van der Waals surface area (Å²) in [4.78, 5) is 30.9. The zero-order valence-electron chi connectivity index (χ0n) is 15.3. The molecule has 2 fully saturated rings.